The monoisotopic (exact) mass is 471 g/mol. The smallest absolute Gasteiger partial charge is 0.191 e. The molecule has 1 aromatic rings. The first-order valence-corrected chi connectivity index (χ1v) is 9.74. The van der Waals surface area contributed by atoms with Crippen LogP contribution in [-0.4, -0.2) is 63.2 Å². The normalized spacial score (nSPS) is 22.2. The van der Waals surface area contributed by atoms with Gasteiger partial charge in [-0.15, -0.1) is 24.0 Å². The van der Waals surface area contributed by atoms with Gasteiger partial charge in [0.25, 0.3) is 0 Å². The minimum absolute atomic E-state index is 0. The van der Waals surface area contributed by atoms with Crippen molar-refractivity contribution >= 4 is 35.6 Å². The Labute approximate surface area is 175 Å². The molecule has 0 amide bonds. The van der Waals surface area contributed by atoms with Crippen LogP contribution in [0.2, 0.25) is 0 Å². The highest BCUT2D eigenvalue weighted by Gasteiger charge is 2.23. The summed E-state index contributed by atoms with van der Waals surface area (Å²) in [6.07, 6.45) is 3.83. The summed E-state index contributed by atoms with van der Waals surface area (Å²) in [5.74, 6) is 1.83. The fraction of sp³-hybridized carbons (Fsp3) is 0.650. The minimum atomic E-state index is 0. The van der Waals surface area contributed by atoms with E-state index in [0.717, 1.165) is 44.5 Å². The molecule has 0 radical (unpaired) electrons. The lowest BCUT2D eigenvalue weighted by Gasteiger charge is -2.30. The lowest BCUT2D eigenvalue weighted by atomic mass is 9.99. The van der Waals surface area contributed by atoms with Gasteiger partial charge in [0.1, 0.15) is 0 Å². The number of hydrogen-bond acceptors (Lipinski definition) is 3. The molecule has 0 spiro atoms. The van der Waals surface area contributed by atoms with E-state index in [1.54, 1.807) is 0 Å². The molecule has 2 saturated heterocycles. The van der Waals surface area contributed by atoms with Gasteiger partial charge in [0.05, 0.1) is 0 Å². The fourth-order valence-electron chi connectivity index (χ4n) is 3.76. The maximum Gasteiger partial charge on any atom is 0.191 e. The van der Waals surface area contributed by atoms with Crippen LogP contribution in [0, 0.1) is 5.92 Å². The molecule has 0 bridgehead atoms. The van der Waals surface area contributed by atoms with Gasteiger partial charge in [-0.25, -0.2) is 0 Å². The van der Waals surface area contributed by atoms with Crippen LogP contribution in [0.4, 0.5) is 5.69 Å². The van der Waals surface area contributed by atoms with Gasteiger partial charge in [0.15, 0.2) is 5.96 Å². The molecule has 0 saturated carbocycles. The van der Waals surface area contributed by atoms with E-state index in [1.807, 2.05) is 7.05 Å². The summed E-state index contributed by atoms with van der Waals surface area (Å²) in [6.45, 7) is 9.05. The summed E-state index contributed by atoms with van der Waals surface area (Å²) in [7, 11) is 1.86. The van der Waals surface area contributed by atoms with Crippen LogP contribution in [0.5, 0.6) is 0 Å². The molecule has 5 nitrogen and oxygen atoms in total. The van der Waals surface area contributed by atoms with E-state index in [0.29, 0.717) is 6.04 Å². The standard InChI is InChI=1S/C20H33N5.HI/c1-17-8-12-24(13-9-17)15-11-22-20(21-2)23-18-10-14-25(16-18)19-6-4-3-5-7-19;/h3-7,17-18H,8-16H2,1-2H3,(H2,21,22,23);1H. The first kappa shape index (κ1) is 21.3. The predicted octanol–water partition coefficient (Wildman–Crippen LogP) is 2.78. The maximum atomic E-state index is 4.40. The van der Waals surface area contributed by atoms with Gasteiger partial charge in [-0.05, 0) is 50.4 Å². The zero-order chi connectivity index (χ0) is 17.5. The van der Waals surface area contributed by atoms with E-state index >= 15 is 0 Å². The number of likely N-dealkylation sites (tertiary alicyclic amines) is 1. The van der Waals surface area contributed by atoms with Crippen LogP contribution < -0.4 is 15.5 Å². The van der Waals surface area contributed by atoms with Crippen LogP contribution in [0.15, 0.2) is 35.3 Å². The molecule has 0 aliphatic carbocycles. The van der Waals surface area contributed by atoms with Gasteiger partial charge < -0.3 is 20.4 Å². The molecule has 6 heteroatoms. The van der Waals surface area contributed by atoms with Gasteiger partial charge in [-0.3, -0.25) is 4.99 Å². The van der Waals surface area contributed by atoms with Crippen LogP contribution in [-0.2, 0) is 0 Å². The molecule has 1 aromatic carbocycles. The molecule has 2 aliphatic heterocycles. The van der Waals surface area contributed by atoms with Crippen molar-refractivity contribution < 1.29 is 0 Å². The number of hydrogen-bond donors (Lipinski definition) is 2. The van der Waals surface area contributed by atoms with Crippen LogP contribution in [0.3, 0.4) is 0 Å². The van der Waals surface area contributed by atoms with E-state index in [9.17, 15) is 0 Å². The van der Waals surface area contributed by atoms with Crippen molar-refractivity contribution in [3.63, 3.8) is 0 Å². The summed E-state index contributed by atoms with van der Waals surface area (Å²) in [5.41, 5.74) is 1.31. The number of nitrogens with one attached hydrogen (secondary N) is 2. The largest absolute Gasteiger partial charge is 0.369 e. The topological polar surface area (TPSA) is 42.9 Å². The molecule has 2 heterocycles. The number of nitrogens with zero attached hydrogens (tertiary/aromatic N) is 3. The Kier molecular flexibility index (Phi) is 8.98. The molecule has 26 heavy (non-hydrogen) atoms. The molecule has 2 N–H and O–H groups in total. The number of piperidine rings is 1. The lowest BCUT2D eigenvalue weighted by Crippen LogP contribution is -2.47. The summed E-state index contributed by atoms with van der Waals surface area (Å²) in [5, 5.41) is 7.08. The Morgan fingerprint density at radius 3 is 2.54 bits per heavy atom. The number of anilines is 1. The molecule has 1 atom stereocenters. The zero-order valence-corrected chi connectivity index (χ0v) is 18.5. The third-order valence-electron chi connectivity index (χ3n) is 5.47. The zero-order valence-electron chi connectivity index (χ0n) is 16.2. The Balaban J connectivity index is 0.00000243. The van der Waals surface area contributed by atoms with E-state index < -0.39 is 0 Å². The van der Waals surface area contributed by atoms with E-state index in [4.69, 9.17) is 0 Å². The molecule has 3 rings (SSSR count). The van der Waals surface area contributed by atoms with Gasteiger partial charge in [0.2, 0.25) is 0 Å². The highest BCUT2D eigenvalue weighted by Crippen LogP contribution is 2.19. The molecule has 146 valence electrons. The summed E-state index contributed by atoms with van der Waals surface area (Å²) in [4.78, 5) is 9.41. The SMILES string of the molecule is CN=C(NCCN1CCC(C)CC1)NC1CCN(c2ccccc2)C1.I. The second-order valence-electron chi connectivity index (χ2n) is 7.43. The molecule has 0 aromatic heterocycles. The van der Waals surface area contributed by atoms with Crippen molar-refractivity contribution in [3.8, 4) is 0 Å². The fourth-order valence-corrected chi connectivity index (χ4v) is 3.76. The van der Waals surface area contributed by atoms with Crippen molar-refractivity contribution in [3.05, 3.63) is 30.3 Å². The Morgan fingerprint density at radius 2 is 1.85 bits per heavy atom. The van der Waals surface area contributed by atoms with Gasteiger partial charge in [-0.1, -0.05) is 25.1 Å². The Bertz CT molecular complexity index is 542. The average Bonchev–Trinajstić information content (AvgIpc) is 3.12. The number of para-hydroxylation sites is 1. The third-order valence-corrected chi connectivity index (χ3v) is 5.47. The second kappa shape index (κ2) is 11.0. The first-order valence-electron chi connectivity index (χ1n) is 9.74. The highest BCUT2D eigenvalue weighted by atomic mass is 127. The number of halogens is 1. The molecular weight excluding hydrogens is 437 g/mol. The Morgan fingerprint density at radius 1 is 1.12 bits per heavy atom. The number of guanidine groups is 1. The quantitative estimate of drug-likeness (QED) is 0.394. The summed E-state index contributed by atoms with van der Waals surface area (Å²) < 4.78 is 0. The number of rotatable bonds is 5. The van der Waals surface area contributed by atoms with Crippen LogP contribution >= 0.6 is 24.0 Å². The molecule has 1 unspecified atom stereocenters. The molecule has 2 fully saturated rings. The minimum Gasteiger partial charge on any atom is -0.369 e. The Hall–Kier alpha value is -1.02. The van der Waals surface area contributed by atoms with Crippen molar-refractivity contribution in [2.75, 3.05) is 51.2 Å². The number of benzene rings is 1. The average molecular weight is 471 g/mol. The van der Waals surface area contributed by atoms with Crippen molar-refractivity contribution in [2.45, 2.75) is 32.2 Å². The third kappa shape index (κ3) is 6.30. The van der Waals surface area contributed by atoms with Gasteiger partial charge in [-0.2, -0.15) is 0 Å². The molecular formula is C20H34IN5. The maximum absolute atomic E-state index is 4.40. The van der Waals surface area contributed by atoms with Crippen LogP contribution in [0.1, 0.15) is 26.2 Å². The second-order valence-corrected chi connectivity index (χ2v) is 7.43. The van der Waals surface area contributed by atoms with Crippen molar-refractivity contribution in [2.24, 2.45) is 10.9 Å². The predicted molar refractivity (Wildman–Crippen MR) is 122 cm³/mol. The van der Waals surface area contributed by atoms with Gasteiger partial charge >= 0.3 is 0 Å². The van der Waals surface area contributed by atoms with E-state index in [2.05, 4.69) is 62.7 Å². The van der Waals surface area contributed by atoms with E-state index in [1.165, 1.54) is 31.6 Å². The number of aliphatic imine (C=N–C) groups is 1. The van der Waals surface area contributed by atoms with E-state index in [-0.39, 0.29) is 24.0 Å². The first-order chi connectivity index (χ1) is 12.2. The van der Waals surface area contributed by atoms with Crippen LogP contribution in [0.25, 0.3) is 0 Å². The molecule has 2 aliphatic rings. The van der Waals surface area contributed by atoms with Crippen molar-refractivity contribution in [1.29, 1.82) is 0 Å². The lowest BCUT2D eigenvalue weighted by molar-refractivity contribution is 0.195. The summed E-state index contributed by atoms with van der Waals surface area (Å²) >= 11 is 0. The van der Waals surface area contributed by atoms with Gasteiger partial charge in [0, 0.05) is 45.0 Å². The highest BCUT2D eigenvalue weighted by molar-refractivity contribution is 14.0. The summed E-state index contributed by atoms with van der Waals surface area (Å²) in [6, 6.07) is 11.1. The van der Waals surface area contributed by atoms with Crippen molar-refractivity contribution in [1.82, 2.24) is 15.5 Å².